The van der Waals surface area contributed by atoms with Gasteiger partial charge in [-0.15, -0.1) is 0 Å². The van der Waals surface area contributed by atoms with Crippen LogP contribution in [0.5, 0.6) is 0 Å². The fraction of sp³-hybridized carbons (Fsp3) is 0.800. The fourth-order valence-electron chi connectivity index (χ4n) is 0.368. The average Bonchev–Trinajstić information content (AvgIpc) is 1.82. The zero-order valence-corrected chi connectivity index (χ0v) is 9.15. The van der Waals surface area contributed by atoms with Crippen molar-refractivity contribution in [2.45, 2.75) is 12.5 Å². The second-order valence-electron chi connectivity index (χ2n) is 1.73. The van der Waals surface area contributed by atoms with Gasteiger partial charge in [-0.05, 0) is 18.4 Å². The molecule has 0 aliphatic carbocycles. The van der Waals surface area contributed by atoms with Gasteiger partial charge in [0.05, 0.1) is 0 Å². The number of thioether (sulfide) groups is 1. The van der Waals surface area contributed by atoms with E-state index < -0.39 is 12.0 Å². The van der Waals surface area contributed by atoms with Crippen molar-refractivity contribution in [3.63, 3.8) is 0 Å². The van der Waals surface area contributed by atoms with Gasteiger partial charge in [-0.3, -0.25) is 4.79 Å². The third kappa shape index (κ3) is 6.89. The molecule has 0 saturated heterocycles. The van der Waals surface area contributed by atoms with Crippen LogP contribution in [0.3, 0.4) is 0 Å². The molecule has 0 unspecified atom stereocenters. The molecule has 0 spiro atoms. The summed E-state index contributed by atoms with van der Waals surface area (Å²) in [5.41, 5.74) is 5.19. The third-order valence-corrected chi connectivity index (χ3v) is 1.59. The van der Waals surface area contributed by atoms with Gasteiger partial charge < -0.3 is 10.8 Å². The number of rotatable bonds is 4. The van der Waals surface area contributed by atoms with Crippen molar-refractivity contribution in [3.05, 3.63) is 0 Å². The molecule has 3 nitrogen and oxygen atoms in total. The van der Waals surface area contributed by atoms with Crippen LogP contribution in [0.15, 0.2) is 0 Å². The predicted molar refractivity (Wildman–Crippen MR) is 44.4 cm³/mol. The summed E-state index contributed by atoms with van der Waals surface area (Å²) in [6.45, 7) is 0. The number of hydrogen-bond donors (Lipinski definition) is 2. The summed E-state index contributed by atoms with van der Waals surface area (Å²) in [7, 11) is 0. The zero-order valence-electron chi connectivity index (χ0n) is 6.33. The van der Waals surface area contributed by atoms with Crippen molar-refractivity contribution in [1.29, 1.82) is 0 Å². The Balaban J connectivity index is 0. The van der Waals surface area contributed by atoms with Crippen LogP contribution in [-0.4, -0.2) is 58.7 Å². The number of carboxylic acids is 1. The molecule has 0 aromatic heterocycles. The van der Waals surface area contributed by atoms with Crippen molar-refractivity contribution in [3.8, 4) is 0 Å². The standard InChI is InChI=1S/C5H11NO2S.Na/c1-9-3-2-4(6)5(7)8;/h4H,2-3,6H2,1H3,(H,7,8);/t4-;/m0./s1. The molecule has 5 heteroatoms. The van der Waals surface area contributed by atoms with Gasteiger partial charge >= 0.3 is 5.97 Å². The summed E-state index contributed by atoms with van der Waals surface area (Å²) in [5.74, 6) is -0.1000. The van der Waals surface area contributed by atoms with Crippen molar-refractivity contribution in [2.75, 3.05) is 12.0 Å². The Kier molecular flexibility index (Phi) is 10.5. The molecule has 55 valence electrons. The molecule has 0 aromatic carbocycles. The predicted octanol–water partition coefficient (Wildman–Crippen LogP) is -0.229. The first-order valence-electron chi connectivity index (χ1n) is 2.65. The van der Waals surface area contributed by atoms with Crippen molar-refractivity contribution >= 4 is 47.3 Å². The summed E-state index contributed by atoms with van der Waals surface area (Å²) in [4.78, 5) is 10.1. The van der Waals surface area contributed by atoms with Gasteiger partial charge in [-0.2, -0.15) is 11.8 Å². The summed E-state index contributed by atoms with van der Waals surface area (Å²) in [5, 5.41) is 8.27. The van der Waals surface area contributed by atoms with E-state index in [4.69, 9.17) is 10.8 Å². The summed E-state index contributed by atoms with van der Waals surface area (Å²) < 4.78 is 0. The topological polar surface area (TPSA) is 63.3 Å². The largest absolute Gasteiger partial charge is 0.480 e. The van der Waals surface area contributed by atoms with E-state index >= 15 is 0 Å². The molecule has 0 bridgehead atoms. The Bertz CT molecular complexity index is 102. The van der Waals surface area contributed by atoms with E-state index in [0.29, 0.717) is 6.42 Å². The molecule has 0 saturated carbocycles. The smallest absolute Gasteiger partial charge is 0.320 e. The molecule has 3 N–H and O–H groups in total. The molecule has 0 aliphatic rings. The van der Waals surface area contributed by atoms with E-state index in [1.165, 1.54) is 0 Å². The van der Waals surface area contributed by atoms with Crippen LogP contribution >= 0.6 is 11.8 Å². The molecular weight excluding hydrogens is 161 g/mol. The Morgan fingerprint density at radius 2 is 2.30 bits per heavy atom. The Morgan fingerprint density at radius 1 is 1.80 bits per heavy atom. The Hall–Kier alpha value is 0.780. The number of aliphatic carboxylic acids is 1. The molecule has 0 rings (SSSR count). The molecule has 1 atom stereocenters. The Labute approximate surface area is 87.0 Å². The number of carbonyl (C=O) groups is 1. The summed E-state index contributed by atoms with van der Waals surface area (Å²) in [6, 6.07) is -0.683. The summed E-state index contributed by atoms with van der Waals surface area (Å²) >= 11 is 1.60. The van der Waals surface area contributed by atoms with Crippen molar-refractivity contribution in [1.82, 2.24) is 0 Å². The van der Waals surface area contributed by atoms with Crippen LogP contribution in [0.1, 0.15) is 6.42 Å². The van der Waals surface area contributed by atoms with E-state index in [1.807, 2.05) is 6.26 Å². The first kappa shape index (κ1) is 13.4. The molecule has 0 aromatic rings. The molecule has 0 aliphatic heterocycles. The van der Waals surface area contributed by atoms with Gasteiger partial charge in [0.15, 0.2) is 0 Å². The molecule has 0 fully saturated rings. The molecule has 0 amide bonds. The second kappa shape index (κ2) is 7.88. The number of hydrogen-bond acceptors (Lipinski definition) is 3. The van der Waals surface area contributed by atoms with E-state index in [-0.39, 0.29) is 29.6 Å². The SMILES string of the molecule is CSCC[C@H](N)C(=O)O.[Na]. The average molecular weight is 172 g/mol. The number of nitrogens with two attached hydrogens (primary N) is 1. The van der Waals surface area contributed by atoms with Crippen LogP contribution in [0.2, 0.25) is 0 Å². The molecular formula is C5H11NNaO2S. The third-order valence-electron chi connectivity index (χ3n) is 0.950. The first-order chi connectivity index (χ1) is 4.18. The fourth-order valence-corrected chi connectivity index (χ4v) is 0.858. The number of carboxylic acid groups (broad SMARTS) is 1. The van der Waals surface area contributed by atoms with Crippen LogP contribution in [0, 0.1) is 0 Å². The Morgan fingerprint density at radius 3 is 2.60 bits per heavy atom. The maximum absolute atomic E-state index is 10.1. The van der Waals surface area contributed by atoms with Crippen LogP contribution in [0.25, 0.3) is 0 Å². The normalized spacial score (nSPS) is 11.8. The molecule has 1 radical (unpaired) electrons. The van der Waals surface area contributed by atoms with E-state index in [1.54, 1.807) is 11.8 Å². The minimum Gasteiger partial charge on any atom is -0.480 e. The quantitative estimate of drug-likeness (QED) is 0.575. The van der Waals surface area contributed by atoms with E-state index in [9.17, 15) is 4.79 Å². The van der Waals surface area contributed by atoms with Gasteiger partial charge in [0, 0.05) is 29.6 Å². The van der Waals surface area contributed by atoms with E-state index in [2.05, 4.69) is 0 Å². The van der Waals surface area contributed by atoms with Gasteiger partial charge in [0.1, 0.15) is 6.04 Å². The maximum atomic E-state index is 10.1. The second-order valence-corrected chi connectivity index (χ2v) is 2.71. The minimum absolute atomic E-state index is 0. The maximum Gasteiger partial charge on any atom is 0.320 e. The van der Waals surface area contributed by atoms with E-state index in [0.717, 1.165) is 5.75 Å². The summed E-state index contributed by atoms with van der Waals surface area (Å²) in [6.07, 6.45) is 2.48. The van der Waals surface area contributed by atoms with Crippen molar-refractivity contribution in [2.24, 2.45) is 5.73 Å². The molecule has 0 heterocycles. The van der Waals surface area contributed by atoms with Crippen molar-refractivity contribution < 1.29 is 9.90 Å². The van der Waals surface area contributed by atoms with Gasteiger partial charge in [-0.1, -0.05) is 0 Å². The van der Waals surface area contributed by atoms with Gasteiger partial charge in [0.2, 0.25) is 0 Å². The monoisotopic (exact) mass is 172 g/mol. The van der Waals surface area contributed by atoms with Crippen LogP contribution in [0.4, 0.5) is 0 Å². The van der Waals surface area contributed by atoms with Gasteiger partial charge in [0.25, 0.3) is 0 Å². The van der Waals surface area contributed by atoms with Crippen LogP contribution in [-0.2, 0) is 4.79 Å². The van der Waals surface area contributed by atoms with Gasteiger partial charge in [-0.25, -0.2) is 0 Å². The first-order valence-corrected chi connectivity index (χ1v) is 4.05. The zero-order chi connectivity index (χ0) is 7.28. The molecule has 10 heavy (non-hydrogen) atoms. The minimum atomic E-state index is -0.913. The van der Waals surface area contributed by atoms with Crippen LogP contribution < -0.4 is 5.73 Å².